The van der Waals surface area contributed by atoms with Crippen molar-refractivity contribution in [3.05, 3.63) is 41.6 Å². The molecule has 0 unspecified atom stereocenters. The molecule has 2 aromatic heterocycles. The molecule has 0 saturated heterocycles. The standard InChI is InChI=1S/C15H16N4O3S/c1-9-8-13(10(2)7-12(9)22-3)23(20,21)19-15-11-5-4-6-16-14(11)17-18-15/h4-8H,1-3H3,(H2,16,17,18,19). The van der Waals surface area contributed by atoms with Gasteiger partial charge in [0.05, 0.1) is 17.4 Å². The topological polar surface area (TPSA) is 97.0 Å². The van der Waals surface area contributed by atoms with Crippen molar-refractivity contribution >= 4 is 26.9 Å². The van der Waals surface area contributed by atoms with Crippen LogP contribution < -0.4 is 9.46 Å². The Labute approximate surface area is 133 Å². The number of nitrogens with zero attached hydrogens (tertiary/aromatic N) is 2. The maximum atomic E-state index is 12.7. The Balaban J connectivity index is 2.04. The van der Waals surface area contributed by atoms with Crippen molar-refractivity contribution < 1.29 is 13.2 Å². The Kier molecular flexibility index (Phi) is 3.69. The third kappa shape index (κ3) is 2.72. The molecule has 1 aromatic carbocycles. The molecular weight excluding hydrogens is 316 g/mol. The fourth-order valence-electron chi connectivity index (χ4n) is 2.39. The summed E-state index contributed by atoms with van der Waals surface area (Å²) in [6.45, 7) is 3.52. The lowest BCUT2D eigenvalue weighted by atomic mass is 10.1. The fraction of sp³-hybridized carbons (Fsp3) is 0.200. The first-order valence-electron chi connectivity index (χ1n) is 6.89. The average molecular weight is 332 g/mol. The SMILES string of the molecule is COc1cc(C)c(S(=O)(=O)Nc2n[nH]c3ncccc23)cc1C. The molecule has 23 heavy (non-hydrogen) atoms. The summed E-state index contributed by atoms with van der Waals surface area (Å²) in [7, 11) is -2.22. The van der Waals surface area contributed by atoms with E-state index in [1.54, 1.807) is 51.4 Å². The predicted molar refractivity (Wildman–Crippen MR) is 87.2 cm³/mol. The van der Waals surface area contributed by atoms with Crippen molar-refractivity contribution in [1.82, 2.24) is 15.2 Å². The number of nitrogens with one attached hydrogen (secondary N) is 2. The average Bonchev–Trinajstić information content (AvgIpc) is 2.91. The minimum absolute atomic E-state index is 0.191. The molecule has 0 saturated carbocycles. The first kappa shape index (κ1) is 15.3. The number of anilines is 1. The molecule has 0 bridgehead atoms. The van der Waals surface area contributed by atoms with Gasteiger partial charge in [-0.15, -0.1) is 0 Å². The van der Waals surface area contributed by atoms with E-state index in [2.05, 4.69) is 19.9 Å². The van der Waals surface area contributed by atoms with E-state index in [0.717, 1.165) is 5.56 Å². The highest BCUT2D eigenvalue weighted by Gasteiger charge is 2.21. The van der Waals surface area contributed by atoms with Crippen LogP contribution in [-0.2, 0) is 10.0 Å². The van der Waals surface area contributed by atoms with Gasteiger partial charge in [-0.1, -0.05) is 0 Å². The van der Waals surface area contributed by atoms with E-state index in [-0.39, 0.29) is 10.7 Å². The van der Waals surface area contributed by atoms with Gasteiger partial charge in [-0.05, 0) is 49.2 Å². The number of pyridine rings is 1. The number of hydrogen-bond acceptors (Lipinski definition) is 5. The molecule has 8 heteroatoms. The number of ether oxygens (including phenoxy) is 1. The molecule has 0 atom stereocenters. The smallest absolute Gasteiger partial charge is 0.263 e. The van der Waals surface area contributed by atoms with Crippen LogP contribution >= 0.6 is 0 Å². The van der Waals surface area contributed by atoms with Gasteiger partial charge in [0.1, 0.15) is 5.75 Å². The molecule has 0 radical (unpaired) electrons. The summed E-state index contributed by atoms with van der Waals surface area (Å²) < 4.78 is 33.1. The van der Waals surface area contributed by atoms with Crippen LogP contribution in [0.1, 0.15) is 11.1 Å². The van der Waals surface area contributed by atoms with E-state index in [1.807, 2.05) is 0 Å². The van der Waals surface area contributed by atoms with Gasteiger partial charge in [-0.25, -0.2) is 13.4 Å². The van der Waals surface area contributed by atoms with Crippen LogP contribution in [-0.4, -0.2) is 30.7 Å². The molecule has 2 N–H and O–H groups in total. The lowest BCUT2D eigenvalue weighted by molar-refractivity contribution is 0.411. The number of rotatable bonds is 4. The van der Waals surface area contributed by atoms with Crippen LogP contribution in [0, 0.1) is 13.8 Å². The maximum absolute atomic E-state index is 12.7. The van der Waals surface area contributed by atoms with Gasteiger partial charge in [0, 0.05) is 6.20 Å². The van der Waals surface area contributed by atoms with Gasteiger partial charge >= 0.3 is 0 Å². The number of benzene rings is 1. The fourth-order valence-corrected chi connectivity index (χ4v) is 3.72. The highest BCUT2D eigenvalue weighted by Crippen LogP contribution is 2.28. The quantitative estimate of drug-likeness (QED) is 0.764. The zero-order valence-corrected chi connectivity index (χ0v) is 13.7. The lowest BCUT2D eigenvalue weighted by Gasteiger charge is -2.12. The van der Waals surface area contributed by atoms with Gasteiger partial charge in [0.2, 0.25) is 0 Å². The predicted octanol–water partition coefficient (Wildman–Crippen LogP) is 2.38. The monoisotopic (exact) mass is 332 g/mol. The summed E-state index contributed by atoms with van der Waals surface area (Å²) in [6.07, 6.45) is 1.61. The number of sulfonamides is 1. The number of aromatic nitrogens is 3. The van der Waals surface area contributed by atoms with Crippen molar-refractivity contribution in [2.75, 3.05) is 11.8 Å². The largest absolute Gasteiger partial charge is 0.496 e. The van der Waals surface area contributed by atoms with Crippen molar-refractivity contribution in [3.8, 4) is 5.75 Å². The number of methoxy groups -OCH3 is 1. The molecule has 120 valence electrons. The van der Waals surface area contributed by atoms with Crippen molar-refractivity contribution in [2.45, 2.75) is 18.7 Å². The van der Waals surface area contributed by atoms with Crippen molar-refractivity contribution in [2.24, 2.45) is 0 Å². The molecule has 3 rings (SSSR count). The minimum atomic E-state index is -3.77. The molecule has 0 fully saturated rings. The zero-order valence-electron chi connectivity index (χ0n) is 12.9. The summed E-state index contributed by atoms with van der Waals surface area (Å²) in [5.74, 6) is 0.872. The Morgan fingerprint density at radius 1 is 1.22 bits per heavy atom. The van der Waals surface area contributed by atoms with Gasteiger partial charge in [0.15, 0.2) is 11.5 Å². The molecule has 0 amide bonds. The van der Waals surface area contributed by atoms with Gasteiger partial charge in [-0.2, -0.15) is 5.10 Å². The van der Waals surface area contributed by atoms with Gasteiger partial charge in [-0.3, -0.25) is 9.82 Å². The van der Waals surface area contributed by atoms with E-state index in [0.29, 0.717) is 22.3 Å². The number of hydrogen-bond donors (Lipinski definition) is 2. The molecule has 3 aromatic rings. The number of fused-ring (bicyclic) bond motifs is 1. The first-order valence-corrected chi connectivity index (χ1v) is 8.38. The maximum Gasteiger partial charge on any atom is 0.263 e. The van der Waals surface area contributed by atoms with E-state index in [1.165, 1.54) is 0 Å². The van der Waals surface area contributed by atoms with E-state index >= 15 is 0 Å². The number of aryl methyl sites for hydroxylation is 2. The highest BCUT2D eigenvalue weighted by molar-refractivity contribution is 7.92. The Morgan fingerprint density at radius 3 is 2.74 bits per heavy atom. The summed E-state index contributed by atoms with van der Waals surface area (Å²) in [5.41, 5.74) is 1.86. The van der Waals surface area contributed by atoms with Gasteiger partial charge in [0.25, 0.3) is 10.0 Å². The van der Waals surface area contributed by atoms with E-state index < -0.39 is 10.0 Å². The Bertz CT molecular complexity index is 980. The Morgan fingerprint density at radius 2 is 2.00 bits per heavy atom. The summed E-state index contributed by atoms with van der Waals surface area (Å²) in [4.78, 5) is 4.28. The molecule has 2 heterocycles. The minimum Gasteiger partial charge on any atom is -0.496 e. The summed E-state index contributed by atoms with van der Waals surface area (Å²) in [5, 5.41) is 7.30. The van der Waals surface area contributed by atoms with Crippen molar-refractivity contribution in [3.63, 3.8) is 0 Å². The van der Waals surface area contributed by atoms with Crippen LogP contribution in [0.4, 0.5) is 5.82 Å². The second-order valence-corrected chi connectivity index (χ2v) is 6.82. The molecule has 0 aliphatic rings. The van der Waals surface area contributed by atoms with Crippen LogP contribution in [0.2, 0.25) is 0 Å². The molecular formula is C15H16N4O3S. The van der Waals surface area contributed by atoms with Gasteiger partial charge < -0.3 is 4.74 Å². The van der Waals surface area contributed by atoms with Crippen LogP contribution in [0.3, 0.4) is 0 Å². The zero-order chi connectivity index (χ0) is 16.6. The molecule has 0 aliphatic heterocycles. The van der Waals surface area contributed by atoms with E-state index in [4.69, 9.17) is 4.74 Å². The normalized spacial score (nSPS) is 11.6. The third-order valence-corrected chi connectivity index (χ3v) is 5.03. The molecule has 7 nitrogen and oxygen atoms in total. The molecule has 0 spiro atoms. The summed E-state index contributed by atoms with van der Waals surface area (Å²) in [6, 6.07) is 6.76. The number of aromatic amines is 1. The van der Waals surface area contributed by atoms with Crippen LogP contribution in [0.25, 0.3) is 11.0 Å². The van der Waals surface area contributed by atoms with Crippen LogP contribution in [0.5, 0.6) is 5.75 Å². The molecule has 0 aliphatic carbocycles. The number of H-pyrrole nitrogens is 1. The second kappa shape index (κ2) is 5.54. The first-order chi connectivity index (χ1) is 10.9. The van der Waals surface area contributed by atoms with Crippen LogP contribution in [0.15, 0.2) is 35.4 Å². The lowest BCUT2D eigenvalue weighted by Crippen LogP contribution is -2.15. The van der Waals surface area contributed by atoms with E-state index in [9.17, 15) is 8.42 Å². The van der Waals surface area contributed by atoms with Crippen molar-refractivity contribution in [1.29, 1.82) is 0 Å². The third-order valence-electron chi connectivity index (χ3n) is 3.55. The second-order valence-electron chi connectivity index (χ2n) is 5.16. The highest BCUT2D eigenvalue weighted by atomic mass is 32.2. The summed E-state index contributed by atoms with van der Waals surface area (Å²) >= 11 is 0. The Hall–Kier alpha value is -2.61.